The second-order valence-corrected chi connectivity index (χ2v) is 6.67. The molecular formula is C13H13FN4O3S. The molecule has 0 aliphatic carbocycles. The van der Waals surface area contributed by atoms with Gasteiger partial charge in [-0.15, -0.1) is 0 Å². The number of hydrogen-bond acceptors (Lipinski definition) is 6. The van der Waals surface area contributed by atoms with E-state index in [0.717, 1.165) is 12.1 Å². The largest absolute Gasteiger partial charge is 0.495 e. The summed E-state index contributed by atoms with van der Waals surface area (Å²) in [5.41, 5.74) is 6.72. The molecule has 1 aromatic heterocycles. The molecule has 0 spiro atoms. The number of aromatic nitrogens is 2. The fraction of sp³-hybridized carbons (Fsp3) is 0.231. The van der Waals surface area contributed by atoms with Gasteiger partial charge in [-0.1, -0.05) is 0 Å². The van der Waals surface area contributed by atoms with Crippen molar-refractivity contribution in [1.82, 2.24) is 14.3 Å². The van der Waals surface area contributed by atoms with Crippen LogP contribution in [0.5, 0.6) is 5.75 Å². The van der Waals surface area contributed by atoms with E-state index in [4.69, 9.17) is 10.5 Å². The normalized spacial score (nSPS) is 14.8. The SMILES string of the molecule is COc1ccc(F)cc1S(=O)(=O)N1Cc2cnc(N)nc2C1. The fourth-order valence-electron chi connectivity index (χ4n) is 2.30. The molecule has 0 radical (unpaired) electrons. The summed E-state index contributed by atoms with van der Waals surface area (Å²) in [5.74, 6) is -0.482. The zero-order valence-electron chi connectivity index (χ0n) is 11.7. The molecule has 0 atom stereocenters. The number of halogens is 1. The number of rotatable bonds is 3. The molecule has 7 nitrogen and oxygen atoms in total. The van der Waals surface area contributed by atoms with Gasteiger partial charge in [-0.05, 0) is 18.2 Å². The molecule has 22 heavy (non-hydrogen) atoms. The molecule has 2 N–H and O–H groups in total. The van der Waals surface area contributed by atoms with Crippen LogP contribution in [0, 0.1) is 5.82 Å². The van der Waals surface area contributed by atoms with E-state index in [1.807, 2.05) is 0 Å². The van der Waals surface area contributed by atoms with Gasteiger partial charge in [0.1, 0.15) is 16.5 Å². The Morgan fingerprint density at radius 2 is 2.14 bits per heavy atom. The number of nitrogens with zero attached hydrogens (tertiary/aromatic N) is 3. The number of hydrogen-bond donors (Lipinski definition) is 1. The van der Waals surface area contributed by atoms with Gasteiger partial charge in [-0.2, -0.15) is 4.31 Å². The van der Waals surface area contributed by atoms with Gasteiger partial charge in [0.05, 0.1) is 19.3 Å². The van der Waals surface area contributed by atoms with E-state index in [1.54, 1.807) is 0 Å². The van der Waals surface area contributed by atoms with Crippen LogP contribution >= 0.6 is 0 Å². The van der Waals surface area contributed by atoms with Crippen molar-refractivity contribution < 1.29 is 17.5 Å². The Kier molecular flexibility index (Phi) is 3.45. The van der Waals surface area contributed by atoms with Crippen LogP contribution in [0.2, 0.25) is 0 Å². The summed E-state index contributed by atoms with van der Waals surface area (Å²) >= 11 is 0. The number of sulfonamides is 1. The molecule has 1 aliphatic heterocycles. The zero-order chi connectivity index (χ0) is 15.9. The smallest absolute Gasteiger partial charge is 0.247 e. The number of anilines is 1. The zero-order valence-corrected chi connectivity index (χ0v) is 12.5. The Labute approximate surface area is 126 Å². The maximum absolute atomic E-state index is 13.4. The second kappa shape index (κ2) is 5.18. The lowest BCUT2D eigenvalue weighted by Gasteiger charge is -2.17. The summed E-state index contributed by atoms with van der Waals surface area (Å²) in [7, 11) is -2.59. The number of fused-ring (bicyclic) bond motifs is 1. The van der Waals surface area contributed by atoms with Crippen LogP contribution in [0.25, 0.3) is 0 Å². The van der Waals surface area contributed by atoms with Gasteiger partial charge in [0.25, 0.3) is 0 Å². The van der Waals surface area contributed by atoms with Crippen molar-refractivity contribution in [3.8, 4) is 5.75 Å². The van der Waals surface area contributed by atoms with E-state index >= 15 is 0 Å². The molecule has 2 aromatic rings. The highest BCUT2D eigenvalue weighted by Gasteiger charge is 2.34. The van der Waals surface area contributed by atoms with Gasteiger partial charge in [0.15, 0.2) is 0 Å². The lowest BCUT2D eigenvalue weighted by atomic mass is 10.3. The maximum Gasteiger partial charge on any atom is 0.247 e. The molecule has 9 heteroatoms. The van der Waals surface area contributed by atoms with Crippen LogP contribution in [0.1, 0.15) is 11.3 Å². The van der Waals surface area contributed by atoms with E-state index < -0.39 is 15.8 Å². The van der Waals surface area contributed by atoms with Gasteiger partial charge in [-0.3, -0.25) is 0 Å². The molecule has 2 heterocycles. The first-order valence-corrected chi connectivity index (χ1v) is 7.80. The number of methoxy groups -OCH3 is 1. The van der Waals surface area contributed by atoms with E-state index in [1.165, 1.54) is 23.7 Å². The highest BCUT2D eigenvalue weighted by molar-refractivity contribution is 7.89. The van der Waals surface area contributed by atoms with Crippen LogP contribution in [0.15, 0.2) is 29.3 Å². The van der Waals surface area contributed by atoms with Gasteiger partial charge in [-0.25, -0.2) is 22.8 Å². The van der Waals surface area contributed by atoms with Crippen molar-refractivity contribution in [2.75, 3.05) is 12.8 Å². The first kappa shape index (κ1) is 14.7. The Hall–Kier alpha value is -2.26. The topological polar surface area (TPSA) is 98.4 Å². The van der Waals surface area contributed by atoms with Crippen LogP contribution in [0.4, 0.5) is 10.3 Å². The van der Waals surface area contributed by atoms with Crippen molar-refractivity contribution in [3.05, 3.63) is 41.5 Å². The minimum Gasteiger partial charge on any atom is -0.495 e. The summed E-state index contributed by atoms with van der Waals surface area (Å²) in [6, 6.07) is 3.36. The van der Waals surface area contributed by atoms with Gasteiger partial charge in [0.2, 0.25) is 16.0 Å². The Balaban J connectivity index is 2.01. The third-order valence-corrected chi connectivity index (χ3v) is 5.20. The average molecular weight is 324 g/mol. The lowest BCUT2D eigenvalue weighted by Crippen LogP contribution is -2.26. The molecular weight excluding hydrogens is 311 g/mol. The summed E-state index contributed by atoms with van der Waals surface area (Å²) in [4.78, 5) is 7.66. The summed E-state index contributed by atoms with van der Waals surface area (Å²) in [5, 5.41) is 0. The maximum atomic E-state index is 13.4. The third kappa shape index (κ3) is 2.38. The van der Waals surface area contributed by atoms with Gasteiger partial charge < -0.3 is 10.5 Å². The molecule has 0 saturated carbocycles. The predicted molar refractivity (Wildman–Crippen MR) is 75.8 cm³/mol. The van der Waals surface area contributed by atoms with Crippen molar-refractivity contribution in [2.45, 2.75) is 18.0 Å². The average Bonchev–Trinajstić information content (AvgIpc) is 2.91. The Morgan fingerprint density at radius 3 is 2.86 bits per heavy atom. The summed E-state index contributed by atoms with van der Waals surface area (Å²) in [6.45, 7) is 0.168. The standard InChI is InChI=1S/C13H13FN4O3S/c1-21-11-3-2-9(14)4-12(11)22(19,20)18-6-8-5-16-13(15)17-10(8)7-18/h2-5H,6-7H2,1H3,(H2,15,16,17). The van der Waals surface area contributed by atoms with Gasteiger partial charge in [0, 0.05) is 18.3 Å². The van der Waals surface area contributed by atoms with Crippen LogP contribution < -0.4 is 10.5 Å². The Morgan fingerprint density at radius 1 is 1.36 bits per heavy atom. The number of ether oxygens (including phenoxy) is 1. The molecule has 3 rings (SSSR count). The predicted octanol–water partition coefficient (Wildman–Crippen LogP) is 0.911. The molecule has 0 unspecified atom stereocenters. The number of benzene rings is 1. The molecule has 0 fully saturated rings. The first-order valence-electron chi connectivity index (χ1n) is 6.36. The van der Waals surface area contributed by atoms with Crippen molar-refractivity contribution in [2.24, 2.45) is 0 Å². The molecule has 0 bridgehead atoms. The van der Waals surface area contributed by atoms with E-state index in [-0.39, 0.29) is 29.7 Å². The molecule has 1 aromatic carbocycles. The summed E-state index contributed by atoms with van der Waals surface area (Å²) < 4.78 is 45.1. The highest BCUT2D eigenvalue weighted by atomic mass is 32.2. The van der Waals surface area contributed by atoms with E-state index in [2.05, 4.69) is 9.97 Å². The van der Waals surface area contributed by atoms with Crippen LogP contribution in [0.3, 0.4) is 0 Å². The Bertz CT molecular complexity index is 841. The molecule has 116 valence electrons. The van der Waals surface area contributed by atoms with E-state index in [9.17, 15) is 12.8 Å². The monoisotopic (exact) mass is 324 g/mol. The highest BCUT2D eigenvalue weighted by Crippen LogP contribution is 2.32. The molecule has 0 amide bonds. The molecule has 0 saturated heterocycles. The number of nitrogens with two attached hydrogens (primary N) is 1. The lowest BCUT2D eigenvalue weighted by molar-refractivity contribution is 0.390. The molecule has 1 aliphatic rings. The minimum atomic E-state index is -3.92. The first-order chi connectivity index (χ1) is 10.4. The quantitative estimate of drug-likeness (QED) is 0.901. The second-order valence-electron chi connectivity index (χ2n) is 4.77. The third-order valence-electron chi connectivity index (χ3n) is 3.39. The summed E-state index contributed by atoms with van der Waals surface area (Å²) in [6.07, 6.45) is 1.50. The van der Waals surface area contributed by atoms with Crippen LogP contribution in [-0.4, -0.2) is 29.8 Å². The van der Waals surface area contributed by atoms with Crippen molar-refractivity contribution in [1.29, 1.82) is 0 Å². The van der Waals surface area contributed by atoms with E-state index in [0.29, 0.717) is 11.3 Å². The van der Waals surface area contributed by atoms with Gasteiger partial charge >= 0.3 is 0 Å². The minimum absolute atomic E-state index is 0.0596. The van der Waals surface area contributed by atoms with Crippen LogP contribution in [-0.2, 0) is 23.1 Å². The number of nitrogen functional groups attached to an aromatic ring is 1. The fourth-order valence-corrected chi connectivity index (χ4v) is 3.85. The van der Waals surface area contributed by atoms with Crippen molar-refractivity contribution in [3.63, 3.8) is 0 Å². The van der Waals surface area contributed by atoms with Crippen molar-refractivity contribution >= 4 is 16.0 Å².